The van der Waals surface area contributed by atoms with Crippen molar-refractivity contribution in [2.75, 3.05) is 4.72 Å². The molecule has 21 heavy (non-hydrogen) atoms. The second-order valence-electron chi connectivity index (χ2n) is 4.02. The van der Waals surface area contributed by atoms with Crippen LogP contribution in [0, 0.1) is 21.4 Å². The summed E-state index contributed by atoms with van der Waals surface area (Å²) in [5.41, 5.74) is -0.553. The van der Waals surface area contributed by atoms with Gasteiger partial charge in [0, 0.05) is 6.07 Å². The quantitative estimate of drug-likeness (QED) is 0.687. The van der Waals surface area contributed by atoms with Crippen LogP contribution >= 0.6 is 0 Å². The number of nitro benzene ring substituents is 1. The molecule has 0 aromatic heterocycles. The van der Waals surface area contributed by atoms with E-state index >= 15 is 0 Å². The zero-order chi connectivity index (χ0) is 15.5. The molecule has 0 saturated carbocycles. The SMILES string of the molecule is N#Cc1ccc([N+](=O)[O-])c(NS(=O)(=O)c2ccccc2)c1. The van der Waals surface area contributed by atoms with Gasteiger partial charge in [-0.05, 0) is 24.3 Å². The lowest BCUT2D eigenvalue weighted by atomic mass is 10.2. The molecule has 0 fully saturated rings. The first-order valence-electron chi connectivity index (χ1n) is 5.70. The summed E-state index contributed by atoms with van der Waals surface area (Å²) in [7, 11) is -3.96. The number of anilines is 1. The predicted molar refractivity (Wildman–Crippen MR) is 75.1 cm³/mol. The standard InChI is InChI=1S/C13H9N3O4S/c14-9-10-6-7-13(16(17)18)12(8-10)15-21(19,20)11-4-2-1-3-5-11/h1-8,15H. The smallest absolute Gasteiger partial charge is 0.273 e. The number of nitrogens with one attached hydrogen (secondary N) is 1. The Balaban J connectivity index is 2.48. The number of hydrogen-bond acceptors (Lipinski definition) is 5. The number of rotatable bonds is 4. The minimum absolute atomic E-state index is 0.0262. The highest BCUT2D eigenvalue weighted by atomic mass is 32.2. The molecule has 0 aliphatic carbocycles. The van der Waals surface area contributed by atoms with Crippen molar-refractivity contribution in [2.45, 2.75) is 4.90 Å². The van der Waals surface area contributed by atoms with E-state index in [0.717, 1.165) is 12.1 Å². The topological polar surface area (TPSA) is 113 Å². The van der Waals surface area contributed by atoms with Crippen LogP contribution in [0.2, 0.25) is 0 Å². The average molecular weight is 303 g/mol. The Kier molecular flexibility index (Phi) is 3.86. The highest BCUT2D eigenvalue weighted by Crippen LogP contribution is 2.27. The zero-order valence-electron chi connectivity index (χ0n) is 10.6. The van der Waals surface area contributed by atoms with Crippen molar-refractivity contribution < 1.29 is 13.3 Å². The molecule has 2 aromatic carbocycles. The van der Waals surface area contributed by atoms with Crippen LogP contribution in [0.1, 0.15) is 5.56 Å². The highest BCUT2D eigenvalue weighted by Gasteiger charge is 2.21. The van der Waals surface area contributed by atoms with Crippen LogP contribution in [0.15, 0.2) is 53.4 Å². The van der Waals surface area contributed by atoms with Crippen LogP contribution in [0.25, 0.3) is 0 Å². The van der Waals surface area contributed by atoms with Gasteiger partial charge in [-0.15, -0.1) is 0 Å². The third-order valence-corrected chi connectivity index (χ3v) is 4.00. The number of benzene rings is 2. The molecular formula is C13H9N3O4S. The first-order chi connectivity index (χ1) is 9.94. The fraction of sp³-hybridized carbons (Fsp3) is 0. The van der Waals surface area contributed by atoms with E-state index in [1.807, 2.05) is 0 Å². The van der Waals surface area contributed by atoms with Crippen LogP contribution in [-0.2, 0) is 10.0 Å². The van der Waals surface area contributed by atoms with Gasteiger partial charge in [0.2, 0.25) is 0 Å². The normalized spacial score (nSPS) is 10.6. The van der Waals surface area contributed by atoms with Crippen molar-refractivity contribution >= 4 is 21.4 Å². The monoisotopic (exact) mass is 303 g/mol. The molecule has 0 amide bonds. The van der Waals surface area contributed by atoms with Gasteiger partial charge in [-0.1, -0.05) is 18.2 Å². The van der Waals surface area contributed by atoms with Crippen molar-refractivity contribution in [3.8, 4) is 6.07 Å². The van der Waals surface area contributed by atoms with Gasteiger partial charge in [-0.2, -0.15) is 5.26 Å². The van der Waals surface area contributed by atoms with Crippen LogP contribution in [-0.4, -0.2) is 13.3 Å². The number of nitrogens with zero attached hydrogens (tertiary/aromatic N) is 2. The van der Waals surface area contributed by atoms with Crippen LogP contribution < -0.4 is 4.72 Å². The molecule has 106 valence electrons. The maximum absolute atomic E-state index is 12.2. The Morgan fingerprint density at radius 1 is 1.14 bits per heavy atom. The van der Waals surface area contributed by atoms with E-state index < -0.39 is 20.6 Å². The van der Waals surface area contributed by atoms with Gasteiger partial charge < -0.3 is 0 Å². The summed E-state index contributed by atoms with van der Waals surface area (Å²) < 4.78 is 26.5. The molecule has 2 rings (SSSR count). The first-order valence-corrected chi connectivity index (χ1v) is 7.19. The molecule has 0 saturated heterocycles. The maximum Gasteiger partial charge on any atom is 0.293 e. The molecule has 0 atom stereocenters. The molecule has 1 N–H and O–H groups in total. The molecule has 7 nitrogen and oxygen atoms in total. The second kappa shape index (κ2) is 5.60. The van der Waals surface area contributed by atoms with Crippen molar-refractivity contribution in [2.24, 2.45) is 0 Å². The van der Waals surface area contributed by atoms with Gasteiger partial charge in [0.1, 0.15) is 5.69 Å². The lowest BCUT2D eigenvalue weighted by molar-refractivity contribution is -0.383. The minimum Gasteiger partial charge on any atom is -0.273 e. The fourth-order valence-electron chi connectivity index (χ4n) is 1.65. The zero-order valence-corrected chi connectivity index (χ0v) is 11.4. The van der Waals surface area contributed by atoms with Gasteiger partial charge in [0.25, 0.3) is 15.7 Å². The number of nitro groups is 1. The van der Waals surface area contributed by atoms with E-state index in [0.29, 0.717) is 0 Å². The molecule has 0 unspecified atom stereocenters. The number of sulfonamides is 1. The predicted octanol–water partition coefficient (Wildman–Crippen LogP) is 2.27. The van der Waals surface area contributed by atoms with E-state index in [9.17, 15) is 18.5 Å². The van der Waals surface area contributed by atoms with Crippen molar-refractivity contribution in [3.63, 3.8) is 0 Å². The molecule has 2 aromatic rings. The molecule has 0 aliphatic heterocycles. The van der Waals surface area contributed by atoms with Gasteiger partial charge in [-0.3, -0.25) is 14.8 Å². The Labute approximate surface area is 120 Å². The Morgan fingerprint density at radius 3 is 2.38 bits per heavy atom. The highest BCUT2D eigenvalue weighted by molar-refractivity contribution is 7.92. The molecule has 0 radical (unpaired) electrons. The lowest BCUT2D eigenvalue weighted by Gasteiger charge is -2.08. The van der Waals surface area contributed by atoms with E-state index in [4.69, 9.17) is 5.26 Å². The minimum atomic E-state index is -3.96. The van der Waals surface area contributed by atoms with E-state index in [1.165, 1.54) is 30.3 Å². The van der Waals surface area contributed by atoms with E-state index in [-0.39, 0.29) is 16.1 Å². The van der Waals surface area contributed by atoms with Crippen LogP contribution in [0.3, 0.4) is 0 Å². The summed E-state index contributed by atoms with van der Waals surface area (Å²) in [6.07, 6.45) is 0. The first kappa shape index (κ1) is 14.5. The average Bonchev–Trinajstić information content (AvgIpc) is 2.47. The summed E-state index contributed by atoms with van der Waals surface area (Å²) in [6.45, 7) is 0. The molecule has 0 aliphatic rings. The van der Waals surface area contributed by atoms with Gasteiger partial charge in [0.15, 0.2) is 0 Å². The van der Waals surface area contributed by atoms with Gasteiger partial charge in [0.05, 0.1) is 21.5 Å². The van der Waals surface area contributed by atoms with Crippen LogP contribution in [0.4, 0.5) is 11.4 Å². The molecule has 0 bridgehead atoms. The van der Waals surface area contributed by atoms with Gasteiger partial charge in [-0.25, -0.2) is 8.42 Å². The van der Waals surface area contributed by atoms with E-state index in [2.05, 4.69) is 4.72 Å². The number of hydrogen-bond donors (Lipinski definition) is 1. The molecule has 0 heterocycles. The summed E-state index contributed by atoms with van der Waals surface area (Å²) >= 11 is 0. The Morgan fingerprint density at radius 2 is 1.81 bits per heavy atom. The Bertz CT molecular complexity index is 826. The summed E-state index contributed by atoms with van der Waals surface area (Å²) in [4.78, 5) is 10.2. The Hall–Kier alpha value is -2.92. The largest absolute Gasteiger partial charge is 0.293 e. The molecule has 0 spiro atoms. The van der Waals surface area contributed by atoms with Crippen LogP contribution in [0.5, 0.6) is 0 Å². The second-order valence-corrected chi connectivity index (χ2v) is 5.70. The summed E-state index contributed by atoms with van der Waals surface area (Å²) in [6, 6.07) is 12.7. The summed E-state index contributed by atoms with van der Waals surface area (Å²) in [5, 5.41) is 19.7. The van der Waals surface area contributed by atoms with Crippen molar-refractivity contribution in [1.29, 1.82) is 5.26 Å². The fourth-order valence-corrected chi connectivity index (χ4v) is 2.74. The maximum atomic E-state index is 12.2. The van der Waals surface area contributed by atoms with Gasteiger partial charge >= 0.3 is 0 Å². The third-order valence-electron chi connectivity index (χ3n) is 2.62. The number of nitriles is 1. The lowest BCUT2D eigenvalue weighted by Crippen LogP contribution is -2.14. The van der Waals surface area contributed by atoms with Crippen molar-refractivity contribution in [1.82, 2.24) is 0 Å². The third kappa shape index (κ3) is 3.16. The molecule has 8 heteroatoms. The summed E-state index contributed by atoms with van der Waals surface area (Å²) in [5.74, 6) is 0. The molecular weight excluding hydrogens is 294 g/mol. The van der Waals surface area contributed by atoms with Crippen molar-refractivity contribution in [3.05, 3.63) is 64.2 Å². The van der Waals surface area contributed by atoms with E-state index in [1.54, 1.807) is 12.1 Å².